The van der Waals surface area contributed by atoms with E-state index in [9.17, 15) is 14.5 Å². The van der Waals surface area contributed by atoms with Crippen molar-refractivity contribution in [3.8, 4) is 0 Å². The molecule has 0 aliphatic carbocycles. The maximum Gasteiger partial charge on any atom is 0.288 e. The number of halogens is 1. The van der Waals surface area contributed by atoms with E-state index in [0.717, 1.165) is 5.56 Å². The van der Waals surface area contributed by atoms with Crippen LogP contribution in [0.1, 0.15) is 24.8 Å². The van der Waals surface area contributed by atoms with Crippen LogP contribution in [-0.2, 0) is 16.0 Å². The van der Waals surface area contributed by atoms with Crippen molar-refractivity contribution < 1.29 is 9.59 Å². The third kappa shape index (κ3) is 6.81. The van der Waals surface area contributed by atoms with Crippen LogP contribution in [0.5, 0.6) is 0 Å². The zero-order chi connectivity index (χ0) is 15.7. The number of nitroso groups, excluding NO2 is 1. The molecule has 0 aromatic heterocycles. The number of hydrogen-bond acceptors (Lipinski definition) is 3. The average Bonchev–Trinajstić information content (AvgIpc) is 2.47. The summed E-state index contributed by atoms with van der Waals surface area (Å²) >= 11 is 5.81. The summed E-state index contributed by atoms with van der Waals surface area (Å²) in [5, 5.41) is 5.72. The van der Waals surface area contributed by atoms with E-state index >= 15 is 0 Å². The van der Waals surface area contributed by atoms with E-state index in [1.807, 2.05) is 12.1 Å². The third-order valence-corrected chi connectivity index (χ3v) is 3.11. The second-order valence-corrected chi connectivity index (χ2v) is 5.05. The molecule has 1 aromatic carbocycles. The van der Waals surface area contributed by atoms with Crippen LogP contribution >= 0.6 is 11.6 Å². The number of nitrogens with one attached hydrogen (secondary N) is 1. The molecule has 0 aliphatic rings. The highest BCUT2D eigenvalue weighted by atomic mass is 35.5. The minimum absolute atomic E-state index is 0.119. The molecule has 0 heterocycles. The second-order valence-electron chi connectivity index (χ2n) is 4.61. The lowest BCUT2D eigenvalue weighted by atomic mass is 10.0. The molecule has 0 bridgehead atoms. The maximum absolute atomic E-state index is 11.7. The Morgan fingerprint density at radius 2 is 2.00 bits per heavy atom. The van der Waals surface area contributed by atoms with Gasteiger partial charge in [-0.15, -0.1) is 11.5 Å². The molecule has 21 heavy (non-hydrogen) atoms. The fraction of sp³-hybridized carbons (Fsp3) is 0.333. The molecule has 0 fully saturated rings. The summed E-state index contributed by atoms with van der Waals surface area (Å²) in [5.41, 5.74) is 0.909. The molecule has 0 aliphatic heterocycles. The fourth-order valence-electron chi connectivity index (χ4n) is 1.86. The highest BCUT2D eigenvalue weighted by Crippen LogP contribution is 2.12. The topological polar surface area (TPSA) is 75.6 Å². The van der Waals surface area contributed by atoms with Crippen molar-refractivity contribution in [2.45, 2.75) is 31.7 Å². The van der Waals surface area contributed by atoms with E-state index in [-0.39, 0.29) is 12.3 Å². The number of carbonyl (C=O) groups is 2. The van der Waals surface area contributed by atoms with Gasteiger partial charge in [0.2, 0.25) is 5.91 Å². The molecule has 1 atom stereocenters. The lowest BCUT2D eigenvalue weighted by molar-refractivity contribution is -0.122. The lowest BCUT2D eigenvalue weighted by Crippen LogP contribution is -2.37. The summed E-state index contributed by atoms with van der Waals surface area (Å²) in [5.74, 6) is -0.967. The Balaban J connectivity index is 2.69. The van der Waals surface area contributed by atoms with Gasteiger partial charge < -0.3 is 5.32 Å². The Labute approximate surface area is 128 Å². The van der Waals surface area contributed by atoms with Crippen LogP contribution in [0.3, 0.4) is 0 Å². The largest absolute Gasteiger partial charge is 0.353 e. The quantitative estimate of drug-likeness (QED) is 0.592. The summed E-state index contributed by atoms with van der Waals surface area (Å²) in [4.78, 5) is 33.2. The Morgan fingerprint density at radius 3 is 2.57 bits per heavy atom. The summed E-state index contributed by atoms with van der Waals surface area (Å²) in [6, 6.07) is 6.61. The first-order chi connectivity index (χ1) is 10.0. The smallest absolute Gasteiger partial charge is 0.288 e. The number of nitrogens with zero attached hydrogens (tertiary/aromatic N) is 1. The SMILES string of the molecule is C=CCCC(=O)N[C@@H](CC(=O)N=O)Cc1ccc(Cl)cc1. The van der Waals surface area contributed by atoms with Crippen molar-refractivity contribution in [3.05, 3.63) is 52.4 Å². The summed E-state index contributed by atoms with van der Waals surface area (Å²) < 4.78 is 0. The monoisotopic (exact) mass is 308 g/mol. The Morgan fingerprint density at radius 1 is 1.33 bits per heavy atom. The van der Waals surface area contributed by atoms with Crippen LogP contribution in [0.4, 0.5) is 0 Å². The average molecular weight is 309 g/mol. The first kappa shape index (κ1) is 17.0. The Bertz CT molecular complexity index is 514. The van der Waals surface area contributed by atoms with E-state index in [4.69, 9.17) is 11.6 Å². The van der Waals surface area contributed by atoms with E-state index in [2.05, 4.69) is 17.1 Å². The molecule has 6 heteroatoms. The molecule has 1 N–H and O–H groups in total. The molecule has 2 amide bonds. The fourth-order valence-corrected chi connectivity index (χ4v) is 1.99. The van der Waals surface area contributed by atoms with Crippen LogP contribution in [0.15, 0.2) is 42.1 Å². The minimum atomic E-state index is -0.780. The summed E-state index contributed by atoms with van der Waals surface area (Å²) in [6.45, 7) is 3.55. The standard InChI is InChI=1S/C15H17ClN2O3/c1-2-3-4-14(19)17-13(10-15(20)18-21)9-11-5-7-12(16)8-6-11/h2,5-8,13H,1,3-4,9-10H2,(H,17,19)/t13-/m1/s1. The van der Waals surface area contributed by atoms with Gasteiger partial charge in [-0.3, -0.25) is 9.59 Å². The second kappa shape index (κ2) is 9.02. The van der Waals surface area contributed by atoms with Crippen LogP contribution in [0, 0.1) is 4.91 Å². The first-order valence-corrected chi connectivity index (χ1v) is 6.94. The van der Waals surface area contributed by atoms with Gasteiger partial charge in [-0.2, -0.15) is 0 Å². The highest BCUT2D eigenvalue weighted by molar-refractivity contribution is 6.30. The Kier molecular flexibility index (Phi) is 7.32. The number of amides is 2. The zero-order valence-electron chi connectivity index (χ0n) is 11.5. The highest BCUT2D eigenvalue weighted by Gasteiger charge is 2.17. The molecule has 0 spiro atoms. The molecule has 0 radical (unpaired) electrons. The first-order valence-electron chi connectivity index (χ1n) is 6.56. The van der Waals surface area contributed by atoms with Crippen molar-refractivity contribution in [2.24, 2.45) is 5.18 Å². The molecular formula is C15H17ClN2O3. The maximum atomic E-state index is 11.7. The molecule has 1 aromatic rings. The molecule has 0 unspecified atom stereocenters. The van der Waals surface area contributed by atoms with Gasteiger partial charge in [0.1, 0.15) is 0 Å². The number of rotatable bonds is 8. The van der Waals surface area contributed by atoms with E-state index in [1.165, 1.54) is 0 Å². The molecule has 0 saturated carbocycles. The van der Waals surface area contributed by atoms with Crippen molar-refractivity contribution in [2.75, 3.05) is 0 Å². The number of carbonyl (C=O) groups excluding carboxylic acids is 2. The number of allylic oxidation sites excluding steroid dienone is 1. The lowest BCUT2D eigenvalue weighted by Gasteiger charge is -2.17. The number of hydrogen-bond donors (Lipinski definition) is 1. The van der Waals surface area contributed by atoms with Crippen molar-refractivity contribution in [1.29, 1.82) is 0 Å². The van der Waals surface area contributed by atoms with Gasteiger partial charge in [0.25, 0.3) is 5.91 Å². The summed E-state index contributed by atoms with van der Waals surface area (Å²) in [6.07, 6.45) is 2.80. The normalized spacial score (nSPS) is 11.5. The molecule has 1 rings (SSSR count). The van der Waals surface area contributed by atoms with Crippen molar-refractivity contribution >= 4 is 23.4 Å². The van der Waals surface area contributed by atoms with E-state index in [0.29, 0.717) is 24.3 Å². The van der Waals surface area contributed by atoms with Gasteiger partial charge >= 0.3 is 0 Å². The third-order valence-electron chi connectivity index (χ3n) is 2.86. The Hall–Kier alpha value is -2.01. The number of benzene rings is 1. The van der Waals surface area contributed by atoms with Crippen molar-refractivity contribution in [3.63, 3.8) is 0 Å². The van der Waals surface area contributed by atoms with Gasteiger partial charge in [0, 0.05) is 22.7 Å². The minimum Gasteiger partial charge on any atom is -0.353 e. The van der Waals surface area contributed by atoms with Gasteiger partial charge in [0.15, 0.2) is 0 Å². The van der Waals surface area contributed by atoms with Crippen LogP contribution in [0.2, 0.25) is 5.02 Å². The molecule has 112 valence electrons. The summed E-state index contributed by atoms with van der Waals surface area (Å²) in [7, 11) is 0. The van der Waals surface area contributed by atoms with E-state index in [1.54, 1.807) is 18.2 Å². The van der Waals surface area contributed by atoms with Crippen LogP contribution in [-0.4, -0.2) is 17.9 Å². The molecular weight excluding hydrogens is 292 g/mol. The van der Waals surface area contributed by atoms with Gasteiger partial charge in [-0.1, -0.05) is 29.8 Å². The van der Waals surface area contributed by atoms with Gasteiger partial charge in [-0.25, -0.2) is 0 Å². The van der Waals surface area contributed by atoms with Crippen LogP contribution < -0.4 is 5.32 Å². The van der Waals surface area contributed by atoms with Gasteiger partial charge in [0.05, 0.1) is 6.42 Å². The molecule has 5 nitrogen and oxygen atoms in total. The predicted octanol–water partition coefficient (Wildman–Crippen LogP) is 3.02. The van der Waals surface area contributed by atoms with Crippen molar-refractivity contribution in [1.82, 2.24) is 5.32 Å². The van der Waals surface area contributed by atoms with Crippen LogP contribution in [0.25, 0.3) is 0 Å². The predicted molar refractivity (Wildman–Crippen MR) is 81.9 cm³/mol. The zero-order valence-corrected chi connectivity index (χ0v) is 12.3. The van der Waals surface area contributed by atoms with Gasteiger partial charge in [-0.05, 0) is 30.5 Å². The van der Waals surface area contributed by atoms with E-state index < -0.39 is 11.9 Å². The molecule has 0 saturated heterocycles.